The molecule has 0 rings (SSSR count). The van der Waals surface area contributed by atoms with Crippen LogP contribution in [-0.2, 0) is 24.0 Å². The Morgan fingerprint density at radius 2 is 1.54 bits per heavy atom. The average Bonchev–Trinajstić information content (AvgIpc) is 2.53. The van der Waals surface area contributed by atoms with E-state index in [1.807, 2.05) is 5.32 Å². The third-order valence-electron chi connectivity index (χ3n) is 2.69. The Kier molecular flexibility index (Phi) is 10.1. The highest BCUT2D eigenvalue weighted by Gasteiger charge is 2.23. The Bertz CT molecular complexity index is 499. The van der Waals surface area contributed by atoms with Gasteiger partial charge in [-0.3, -0.25) is 19.2 Å². The summed E-state index contributed by atoms with van der Waals surface area (Å²) >= 11 is 3.87. The van der Waals surface area contributed by atoms with E-state index in [2.05, 4.69) is 23.3 Å². The second kappa shape index (κ2) is 11.2. The molecule has 0 heterocycles. The van der Waals surface area contributed by atoms with Crippen molar-refractivity contribution >= 4 is 42.3 Å². The van der Waals surface area contributed by atoms with E-state index >= 15 is 0 Å². The highest BCUT2D eigenvalue weighted by molar-refractivity contribution is 7.80. The summed E-state index contributed by atoms with van der Waals surface area (Å²) in [6, 6.07) is -2.46. The van der Waals surface area contributed by atoms with Crippen molar-refractivity contribution in [2.45, 2.75) is 24.9 Å². The summed E-state index contributed by atoms with van der Waals surface area (Å²) in [6.45, 7) is -1.51. The van der Waals surface area contributed by atoms with Gasteiger partial charge in [0, 0.05) is 12.2 Å². The number of aliphatic carboxylic acids is 2. The molecule has 0 bridgehead atoms. The number of rotatable bonds is 11. The fourth-order valence-electron chi connectivity index (χ4n) is 1.52. The summed E-state index contributed by atoms with van der Waals surface area (Å²) in [4.78, 5) is 55.6. The molecule has 12 heteroatoms. The van der Waals surface area contributed by atoms with Gasteiger partial charge < -0.3 is 31.3 Å². The lowest BCUT2D eigenvalue weighted by Crippen LogP contribution is -2.49. The smallest absolute Gasteiger partial charge is 0.326 e. The SMILES string of the molecule is O=C(O)CNC(=O)[C@H](CS)NC(=O)CC[C@H](NC(=O)CO)C(=O)O. The topological polar surface area (TPSA) is 182 Å². The highest BCUT2D eigenvalue weighted by Crippen LogP contribution is 2.00. The first kappa shape index (κ1) is 21.7. The van der Waals surface area contributed by atoms with Crippen LogP contribution in [0, 0.1) is 0 Å². The van der Waals surface area contributed by atoms with E-state index in [1.54, 1.807) is 0 Å². The van der Waals surface area contributed by atoms with Crippen molar-refractivity contribution < 1.29 is 39.3 Å². The first-order valence-corrected chi connectivity index (χ1v) is 7.37. The van der Waals surface area contributed by atoms with E-state index in [0.717, 1.165) is 0 Å². The van der Waals surface area contributed by atoms with Gasteiger partial charge in [0.15, 0.2) is 0 Å². The van der Waals surface area contributed by atoms with E-state index in [-0.39, 0.29) is 18.6 Å². The Morgan fingerprint density at radius 3 is 2.00 bits per heavy atom. The average molecular weight is 365 g/mol. The third kappa shape index (κ3) is 8.95. The van der Waals surface area contributed by atoms with Crippen molar-refractivity contribution in [1.82, 2.24) is 16.0 Å². The summed E-state index contributed by atoms with van der Waals surface area (Å²) in [5, 5.41) is 32.3. The number of aliphatic hydroxyl groups is 1. The lowest BCUT2D eigenvalue weighted by atomic mass is 10.1. The van der Waals surface area contributed by atoms with Crippen molar-refractivity contribution in [1.29, 1.82) is 0 Å². The molecule has 0 radical (unpaired) electrons. The molecule has 136 valence electrons. The maximum atomic E-state index is 11.7. The standard InChI is InChI=1S/C12H19N3O8S/c16-4-9(18)14-6(12(22)23)1-2-8(17)15-7(5-24)11(21)13-3-10(19)20/h6-7,16,24H,1-5H2,(H,13,21)(H,14,18)(H,15,17)(H,19,20)(H,22,23)/t6-,7-/m0/s1. The molecular formula is C12H19N3O8S. The largest absolute Gasteiger partial charge is 0.480 e. The number of amides is 3. The molecule has 11 nitrogen and oxygen atoms in total. The van der Waals surface area contributed by atoms with Crippen LogP contribution in [0.15, 0.2) is 0 Å². The van der Waals surface area contributed by atoms with E-state index in [0.29, 0.717) is 0 Å². The lowest BCUT2D eigenvalue weighted by Gasteiger charge is -2.17. The number of carbonyl (C=O) groups is 5. The van der Waals surface area contributed by atoms with Gasteiger partial charge >= 0.3 is 11.9 Å². The van der Waals surface area contributed by atoms with Gasteiger partial charge in [0.2, 0.25) is 17.7 Å². The monoisotopic (exact) mass is 365 g/mol. The van der Waals surface area contributed by atoms with Crippen LogP contribution in [0.2, 0.25) is 0 Å². The quantitative estimate of drug-likeness (QED) is 0.188. The number of carboxylic acid groups (broad SMARTS) is 2. The van der Waals surface area contributed by atoms with Crippen molar-refractivity contribution in [3.05, 3.63) is 0 Å². The van der Waals surface area contributed by atoms with Crippen LogP contribution in [-0.4, -0.2) is 76.0 Å². The molecular weight excluding hydrogens is 346 g/mol. The second-order valence-electron chi connectivity index (χ2n) is 4.57. The predicted octanol–water partition coefficient (Wildman–Crippen LogP) is -3.06. The Hall–Kier alpha value is -2.34. The maximum absolute atomic E-state index is 11.7. The zero-order valence-corrected chi connectivity index (χ0v) is 13.4. The molecule has 0 aliphatic heterocycles. The van der Waals surface area contributed by atoms with Crippen molar-refractivity contribution in [2.24, 2.45) is 0 Å². The lowest BCUT2D eigenvalue weighted by molar-refractivity contribution is -0.142. The normalized spacial score (nSPS) is 12.6. The molecule has 0 aliphatic carbocycles. The molecule has 0 spiro atoms. The van der Waals surface area contributed by atoms with Gasteiger partial charge in [-0.2, -0.15) is 12.6 Å². The Labute approximate surface area is 142 Å². The van der Waals surface area contributed by atoms with Crippen molar-refractivity contribution in [3.8, 4) is 0 Å². The molecule has 6 N–H and O–H groups in total. The maximum Gasteiger partial charge on any atom is 0.326 e. The molecule has 0 aromatic heterocycles. The van der Waals surface area contributed by atoms with Gasteiger partial charge in [-0.15, -0.1) is 0 Å². The summed E-state index contributed by atoms with van der Waals surface area (Å²) in [5.41, 5.74) is 0. The number of carbonyl (C=O) groups excluding carboxylic acids is 3. The number of thiol groups is 1. The molecule has 0 fully saturated rings. The van der Waals surface area contributed by atoms with Crippen molar-refractivity contribution in [3.63, 3.8) is 0 Å². The molecule has 2 atom stereocenters. The number of aliphatic hydroxyl groups excluding tert-OH is 1. The van der Waals surface area contributed by atoms with Crippen LogP contribution in [0.5, 0.6) is 0 Å². The molecule has 3 amide bonds. The predicted molar refractivity (Wildman–Crippen MR) is 82.3 cm³/mol. The zero-order valence-electron chi connectivity index (χ0n) is 12.5. The van der Waals surface area contributed by atoms with Crippen LogP contribution >= 0.6 is 12.6 Å². The third-order valence-corrected chi connectivity index (χ3v) is 3.05. The van der Waals surface area contributed by atoms with Gasteiger partial charge in [0.25, 0.3) is 0 Å². The fraction of sp³-hybridized carbons (Fsp3) is 0.583. The van der Waals surface area contributed by atoms with Crippen LogP contribution in [0.3, 0.4) is 0 Å². The van der Waals surface area contributed by atoms with E-state index in [4.69, 9.17) is 15.3 Å². The summed E-state index contributed by atoms with van der Waals surface area (Å²) in [6.07, 6.45) is -0.581. The number of hydrogen-bond donors (Lipinski definition) is 7. The molecule has 0 saturated heterocycles. The van der Waals surface area contributed by atoms with Gasteiger partial charge in [0.1, 0.15) is 25.2 Å². The molecule has 0 unspecified atom stereocenters. The second-order valence-corrected chi connectivity index (χ2v) is 4.93. The molecule has 0 aliphatic rings. The van der Waals surface area contributed by atoms with Gasteiger partial charge in [-0.1, -0.05) is 0 Å². The van der Waals surface area contributed by atoms with Crippen LogP contribution in [0.25, 0.3) is 0 Å². The first-order chi connectivity index (χ1) is 11.2. The van der Waals surface area contributed by atoms with Gasteiger partial charge in [-0.05, 0) is 6.42 Å². The Morgan fingerprint density at radius 1 is 0.958 bits per heavy atom. The molecule has 0 aromatic rings. The van der Waals surface area contributed by atoms with Crippen LogP contribution in [0.1, 0.15) is 12.8 Å². The number of nitrogens with one attached hydrogen (secondary N) is 3. The molecule has 24 heavy (non-hydrogen) atoms. The fourth-order valence-corrected chi connectivity index (χ4v) is 1.78. The summed E-state index contributed by atoms with van der Waals surface area (Å²) in [5.74, 6) is -5.05. The minimum absolute atomic E-state index is 0.0964. The van der Waals surface area contributed by atoms with E-state index in [9.17, 15) is 24.0 Å². The first-order valence-electron chi connectivity index (χ1n) is 6.74. The van der Waals surface area contributed by atoms with Crippen LogP contribution < -0.4 is 16.0 Å². The zero-order chi connectivity index (χ0) is 18.7. The Balaban J connectivity index is 4.47. The van der Waals surface area contributed by atoms with Crippen LogP contribution in [0.4, 0.5) is 0 Å². The molecule has 0 aromatic carbocycles. The van der Waals surface area contributed by atoms with E-state index < -0.39 is 54.9 Å². The number of hydrogen-bond acceptors (Lipinski definition) is 7. The van der Waals surface area contributed by atoms with Gasteiger partial charge in [0.05, 0.1) is 0 Å². The number of carboxylic acids is 2. The minimum atomic E-state index is -1.38. The van der Waals surface area contributed by atoms with E-state index in [1.165, 1.54) is 0 Å². The summed E-state index contributed by atoms with van der Waals surface area (Å²) < 4.78 is 0. The highest BCUT2D eigenvalue weighted by atomic mass is 32.1. The minimum Gasteiger partial charge on any atom is -0.480 e. The summed E-state index contributed by atoms with van der Waals surface area (Å²) in [7, 11) is 0. The van der Waals surface area contributed by atoms with Gasteiger partial charge in [-0.25, -0.2) is 4.79 Å². The molecule has 0 saturated carbocycles. The van der Waals surface area contributed by atoms with Crippen molar-refractivity contribution in [2.75, 3.05) is 18.9 Å².